The van der Waals surface area contributed by atoms with E-state index in [2.05, 4.69) is 45.7 Å². The van der Waals surface area contributed by atoms with Gasteiger partial charge in [0.25, 0.3) is 0 Å². The summed E-state index contributed by atoms with van der Waals surface area (Å²) >= 11 is 3.42. The van der Waals surface area contributed by atoms with Crippen molar-refractivity contribution in [2.45, 2.75) is 13.8 Å². The van der Waals surface area contributed by atoms with E-state index in [0.29, 0.717) is 0 Å². The van der Waals surface area contributed by atoms with Gasteiger partial charge in [-0.3, -0.25) is 0 Å². The van der Waals surface area contributed by atoms with Crippen LogP contribution in [0.4, 0.5) is 5.69 Å². The van der Waals surface area contributed by atoms with E-state index in [4.69, 9.17) is 4.74 Å². The predicted octanol–water partition coefficient (Wildman–Crippen LogP) is 2.30. The van der Waals surface area contributed by atoms with E-state index in [9.17, 15) is 0 Å². The van der Waals surface area contributed by atoms with Gasteiger partial charge in [0.15, 0.2) is 0 Å². The van der Waals surface area contributed by atoms with Crippen molar-refractivity contribution in [1.82, 2.24) is 4.98 Å². The lowest BCUT2D eigenvalue weighted by Gasteiger charge is -2.31. The van der Waals surface area contributed by atoms with Gasteiger partial charge < -0.3 is 9.64 Å². The minimum Gasteiger partial charge on any atom is -0.378 e. The minimum atomic E-state index is 0.814. The Hall–Kier alpha value is -0.610. The van der Waals surface area contributed by atoms with Crippen LogP contribution in [-0.4, -0.2) is 31.3 Å². The molecule has 1 saturated heterocycles. The van der Waals surface area contributed by atoms with Gasteiger partial charge in [-0.2, -0.15) is 0 Å². The predicted molar refractivity (Wildman–Crippen MR) is 64.4 cm³/mol. The number of anilines is 1. The Morgan fingerprint density at radius 1 is 1.33 bits per heavy atom. The number of ether oxygens (including phenoxy) is 1. The highest BCUT2D eigenvalue weighted by Gasteiger charge is 2.16. The van der Waals surface area contributed by atoms with Crippen LogP contribution in [-0.2, 0) is 4.74 Å². The van der Waals surface area contributed by atoms with Crippen LogP contribution in [0.25, 0.3) is 0 Å². The van der Waals surface area contributed by atoms with Crippen LogP contribution >= 0.6 is 15.9 Å². The monoisotopic (exact) mass is 270 g/mol. The normalized spacial score (nSPS) is 16.9. The van der Waals surface area contributed by atoms with Crippen LogP contribution in [0.5, 0.6) is 0 Å². The first kappa shape index (κ1) is 10.9. The summed E-state index contributed by atoms with van der Waals surface area (Å²) in [6.45, 7) is 7.74. The maximum absolute atomic E-state index is 5.35. The van der Waals surface area contributed by atoms with E-state index in [1.54, 1.807) is 0 Å². The molecule has 1 aromatic heterocycles. The highest BCUT2D eigenvalue weighted by atomic mass is 79.9. The zero-order valence-corrected chi connectivity index (χ0v) is 10.7. The SMILES string of the molecule is Cc1cc(Br)nc(C)c1N1CCOCC1. The molecule has 0 aliphatic carbocycles. The van der Waals surface area contributed by atoms with Crippen LogP contribution in [0.15, 0.2) is 10.7 Å². The van der Waals surface area contributed by atoms with Crippen LogP contribution in [0.2, 0.25) is 0 Å². The molecule has 0 spiro atoms. The standard InChI is InChI=1S/C11H15BrN2O/c1-8-7-10(12)13-9(2)11(8)14-3-5-15-6-4-14/h7H,3-6H2,1-2H3. The highest BCUT2D eigenvalue weighted by molar-refractivity contribution is 9.10. The smallest absolute Gasteiger partial charge is 0.106 e. The van der Waals surface area contributed by atoms with E-state index in [1.165, 1.54) is 11.3 Å². The Morgan fingerprint density at radius 2 is 2.00 bits per heavy atom. The molecular weight excluding hydrogens is 256 g/mol. The van der Waals surface area contributed by atoms with Crippen molar-refractivity contribution in [2.75, 3.05) is 31.2 Å². The molecule has 0 atom stereocenters. The Bertz CT molecular complexity index is 339. The second-order valence-corrected chi connectivity index (χ2v) is 4.61. The third-order valence-electron chi connectivity index (χ3n) is 2.65. The summed E-state index contributed by atoms with van der Waals surface area (Å²) in [4.78, 5) is 6.80. The molecule has 1 aliphatic rings. The van der Waals surface area contributed by atoms with Crippen molar-refractivity contribution in [2.24, 2.45) is 0 Å². The molecule has 15 heavy (non-hydrogen) atoms. The van der Waals surface area contributed by atoms with Crippen molar-refractivity contribution in [1.29, 1.82) is 0 Å². The molecular formula is C11H15BrN2O. The molecule has 3 nitrogen and oxygen atoms in total. The van der Waals surface area contributed by atoms with Crippen LogP contribution in [0, 0.1) is 13.8 Å². The molecule has 0 N–H and O–H groups in total. The topological polar surface area (TPSA) is 25.4 Å². The lowest BCUT2D eigenvalue weighted by molar-refractivity contribution is 0.122. The summed E-state index contributed by atoms with van der Waals surface area (Å²) < 4.78 is 6.26. The number of aryl methyl sites for hydroxylation is 2. The van der Waals surface area contributed by atoms with Gasteiger partial charge in [-0.25, -0.2) is 4.98 Å². The summed E-state index contributed by atoms with van der Waals surface area (Å²) in [5.74, 6) is 0. The van der Waals surface area contributed by atoms with Crippen molar-refractivity contribution < 1.29 is 4.74 Å². The van der Waals surface area contributed by atoms with E-state index in [0.717, 1.165) is 36.6 Å². The molecule has 0 amide bonds. The third kappa shape index (κ3) is 2.32. The number of halogens is 1. The van der Waals surface area contributed by atoms with Crippen molar-refractivity contribution >= 4 is 21.6 Å². The molecule has 0 unspecified atom stereocenters. The first-order chi connectivity index (χ1) is 7.18. The van der Waals surface area contributed by atoms with Gasteiger partial charge in [-0.15, -0.1) is 0 Å². The van der Waals surface area contributed by atoms with Crippen LogP contribution < -0.4 is 4.90 Å². The molecule has 2 rings (SSSR count). The fourth-order valence-electron chi connectivity index (χ4n) is 2.04. The van der Waals surface area contributed by atoms with Gasteiger partial charge in [-0.05, 0) is 41.4 Å². The number of pyridine rings is 1. The average Bonchev–Trinajstić information content (AvgIpc) is 2.17. The quantitative estimate of drug-likeness (QED) is 0.733. The molecule has 0 bridgehead atoms. The van der Waals surface area contributed by atoms with E-state index < -0.39 is 0 Å². The largest absolute Gasteiger partial charge is 0.378 e. The Balaban J connectivity index is 2.33. The zero-order valence-electron chi connectivity index (χ0n) is 9.09. The van der Waals surface area contributed by atoms with Gasteiger partial charge in [0.2, 0.25) is 0 Å². The molecule has 4 heteroatoms. The van der Waals surface area contributed by atoms with Gasteiger partial charge in [0, 0.05) is 13.1 Å². The maximum Gasteiger partial charge on any atom is 0.106 e. The number of hydrogen-bond donors (Lipinski definition) is 0. The zero-order chi connectivity index (χ0) is 10.8. The average molecular weight is 271 g/mol. The highest BCUT2D eigenvalue weighted by Crippen LogP contribution is 2.26. The lowest BCUT2D eigenvalue weighted by Crippen LogP contribution is -2.37. The van der Waals surface area contributed by atoms with Crippen molar-refractivity contribution in [3.8, 4) is 0 Å². The maximum atomic E-state index is 5.35. The number of nitrogens with zero attached hydrogens (tertiary/aromatic N) is 2. The van der Waals surface area contributed by atoms with Crippen LogP contribution in [0.1, 0.15) is 11.3 Å². The summed E-state index contributed by atoms with van der Waals surface area (Å²) in [5.41, 5.74) is 3.63. The van der Waals surface area contributed by atoms with Crippen molar-refractivity contribution in [3.05, 3.63) is 21.9 Å². The molecule has 1 aliphatic heterocycles. The van der Waals surface area contributed by atoms with E-state index >= 15 is 0 Å². The fraction of sp³-hybridized carbons (Fsp3) is 0.545. The van der Waals surface area contributed by atoms with Gasteiger partial charge >= 0.3 is 0 Å². The minimum absolute atomic E-state index is 0.814. The fourth-order valence-corrected chi connectivity index (χ4v) is 2.65. The van der Waals surface area contributed by atoms with Crippen molar-refractivity contribution in [3.63, 3.8) is 0 Å². The number of rotatable bonds is 1. The third-order valence-corrected chi connectivity index (χ3v) is 3.06. The first-order valence-electron chi connectivity index (χ1n) is 5.15. The summed E-state index contributed by atoms with van der Waals surface area (Å²) in [7, 11) is 0. The Morgan fingerprint density at radius 3 is 2.60 bits per heavy atom. The molecule has 1 aromatic rings. The van der Waals surface area contributed by atoms with Crippen LogP contribution in [0.3, 0.4) is 0 Å². The second kappa shape index (κ2) is 4.49. The summed E-state index contributed by atoms with van der Waals surface area (Å²) in [6.07, 6.45) is 0. The number of morpholine rings is 1. The second-order valence-electron chi connectivity index (χ2n) is 3.80. The molecule has 1 fully saturated rings. The van der Waals surface area contributed by atoms with E-state index in [-0.39, 0.29) is 0 Å². The number of hydrogen-bond acceptors (Lipinski definition) is 3. The molecule has 82 valence electrons. The molecule has 0 saturated carbocycles. The van der Waals surface area contributed by atoms with Gasteiger partial charge in [-0.1, -0.05) is 0 Å². The van der Waals surface area contributed by atoms with Gasteiger partial charge in [0.05, 0.1) is 24.6 Å². The van der Waals surface area contributed by atoms with E-state index in [1.807, 2.05) is 0 Å². The first-order valence-corrected chi connectivity index (χ1v) is 5.94. The molecule has 2 heterocycles. The Labute approximate surface area is 98.6 Å². The lowest BCUT2D eigenvalue weighted by atomic mass is 10.1. The Kier molecular flexibility index (Phi) is 3.26. The summed E-state index contributed by atoms with van der Waals surface area (Å²) in [6, 6.07) is 2.07. The number of aromatic nitrogens is 1. The molecule has 0 radical (unpaired) electrons. The van der Waals surface area contributed by atoms with Gasteiger partial charge in [0.1, 0.15) is 4.60 Å². The molecule has 0 aromatic carbocycles. The summed E-state index contributed by atoms with van der Waals surface area (Å²) in [5, 5.41) is 0.